The number of hydrogen-bond donors (Lipinski definition) is 0. The third-order valence-corrected chi connectivity index (χ3v) is 3.31. The highest BCUT2D eigenvalue weighted by molar-refractivity contribution is 7.86. The second-order valence-corrected chi connectivity index (χ2v) is 9.36. The van der Waals surface area contributed by atoms with Crippen LogP contribution in [0.2, 0.25) is 13.1 Å². The van der Waals surface area contributed by atoms with Crippen molar-refractivity contribution in [3.63, 3.8) is 0 Å². The molecule has 0 spiro atoms. The zero-order chi connectivity index (χ0) is 13.7. The van der Waals surface area contributed by atoms with Gasteiger partial charge in [-0.3, -0.25) is 0 Å². The van der Waals surface area contributed by atoms with Crippen LogP contribution >= 0.6 is 0 Å². The summed E-state index contributed by atoms with van der Waals surface area (Å²) in [5, 5.41) is 0. The fraction of sp³-hybridized carbons (Fsp3) is 1.00. The molecule has 0 aromatic heterocycles. The van der Waals surface area contributed by atoms with Gasteiger partial charge in [0.1, 0.15) is 0 Å². The van der Waals surface area contributed by atoms with Gasteiger partial charge in [0, 0.05) is 0 Å². The molecule has 0 aromatic carbocycles. The van der Waals surface area contributed by atoms with Crippen molar-refractivity contribution in [1.82, 2.24) is 0 Å². The topological polar surface area (TPSA) is 52.6 Å². The predicted molar refractivity (Wildman–Crippen MR) is 71.6 cm³/mol. The summed E-state index contributed by atoms with van der Waals surface area (Å²) in [5.41, 5.74) is 0.252. The Bertz CT molecular complexity index is 306. The Balaban J connectivity index is 4.21. The van der Waals surface area contributed by atoms with E-state index in [4.69, 9.17) is 8.61 Å². The van der Waals surface area contributed by atoms with E-state index < -0.39 is 25.4 Å². The van der Waals surface area contributed by atoms with E-state index in [1.165, 1.54) is 0 Å². The molecule has 0 aliphatic carbocycles. The van der Waals surface area contributed by atoms with E-state index in [1.54, 1.807) is 0 Å². The van der Waals surface area contributed by atoms with Gasteiger partial charge < -0.3 is 4.43 Å². The molecule has 6 heteroatoms. The number of rotatable bonds is 7. The van der Waals surface area contributed by atoms with Crippen LogP contribution in [0.25, 0.3) is 0 Å². The lowest BCUT2D eigenvalue weighted by molar-refractivity contribution is 0.00101. The Labute approximate surface area is 108 Å². The van der Waals surface area contributed by atoms with E-state index in [0.717, 1.165) is 19.1 Å². The van der Waals surface area contributed by atoms with Crippen LogP contribution in [-0.2, 0) is 18.7 Å². The molecule has 0 heterocycles. The van der Waals surface area contributed by atoms with E-state index in [9.17, 15) is 8.42 Å². The van der Waals surface area contributed by atoms with Crippen LogP contribution in [0.3, 0.4) is 0 Å². The van der Waals surface area contributed by atoms with Crippen LogP contribution in [0.4, 0.5) is 0 Å². The van der Waals surface area contributed by atoms with E-state index in [1.807, 2.05) is 13.1 Å². The monoisotopic (exact) mass is 281 g/mol. The minimum absolute atomic E-state index is 0.252. The van der Waals surface area contributed by atoms with Crippen LogP contribution in [0.15, 0.2) is 0 Å². The predicted octanol–water partition coefficient (Wildman–Crippen LogP) is 2.77. The average Bonchev–Trinajstić information content (AvgIpc) is 1.95. The van der Waals surface area contributed by atoms with Crippen molar-refractivity contribution in [1.29, 1.82) is 0 Å². The van der Waals surface area contributed by atoms with Crippen LogP contribution < -0.4 is 0 Å². The molecule has 17 heavy (non-hydrogen) atoms. The van der Waals surface area contributed by atoms with Gasteiger partial charge in [-0.15, -0.1) is 0 Å². The van der Waals surface area contributed by atoms with Gasteiger partial charge in [-0.25, -0.2) is 4.18 Å². The molecule has 0 aliphatic rings. The fourth-order valence-electron chi connectivity index (χ4n) is 1.38. The normalized spacial score (nSPS) is 15.2. The van der Waals surface area contributed by atoms with Crippen LogP contribution in [-0.4, -0.2) is 30.0 Å². The van der Waals surface area contributed by atoms with E-state index in [2.05, 4.69) is 20.8 Å². The first-order valence-electron chi connectivity index (χ1n) is 5.85. The van der Waals surface area contributed by atoms with Crippen LogP contribution in [0.5, 0.6) is 0 Å². The molecular formula is C11H25O4SSi. The lowest BCUT2D eigenvalue weighted by Gasteiger charge is -2.22. The summed E-state index contributed by atoms with van der Waals surface area (Å²) < 4.78 is 32.7. The van der Waals surface area contributed by atoms with Crippen LogP contribution in [0, 0.1) is 5.41 Å². The summed E-state index contributed by atoms with van der Waals surface area (Å²) in [4.78, 5) is 0. The molecule has 0 fully saturated rings. The summed E-state index contributed by atoms with van der Waals surface area (Å²) >= 11 is 0. The molecule has 1 radical (unpaired) electrons. The molecule has 0 N–H and O–H groups in total. The van der Waals surface area contributed by atoms with Gasteiger partial charge in [-0.05, 0) is 37.8 Å². The molecule has 0 aliphatic heterocycles. The Hall–Kier alpha value is 0.0869. The molecule has 0 rings (SSSR count). The van der Waals surface area contributed by atoms with Gasteiger partial charge in [-0.2, -0.15) is 8.42 Å². The van der Waals surface area contributed by atoms with Gasteiger partial charge in [0.05, 0.1) is 6.26 Å². The van der Waals surface area contributed by atoms with Crippen molar-refractivity contribution in [2.45, 2.75) is 59.4 Å². The lowest BCUT2D eigenvalue weighted by Crippen LogP contribution is -2.26. The quantitative estimate of drug-likeness (QED) is 0.409. The summed E-state index contributed by atoms with van der Waals surface area (Å²) in [5.74, 6) is 0. The Morgan fingerprint density at radius 2 is 1.76 bits per heavy atom. The smallest absolute Gasteiger partial charge is 0.266 e. The van der Waals surface area contributed by atoms with Crippen molar-refractivity contribution in [3.8, 4) is 0 Å². The van der Waals surface area contributed by atoms with E-state index >= 15 is 0 Å². The summed E-state index contributed by atoms with van der Waals surface area (Å²) in [6, 6.07) is 0. The third kappa shape index (κ3) is 12.3. The number of hydrogen-bond acceptors (Lipinski definition) is 4. The Morgan fingerprint density at radius 1 is 1.24 bits per heavy atom. The largest absolute Gasteiger partial charge is 0.392 e. The van der Waals surface area contributed by atoms with Gasteiger partial charge in [-0.1, -0.05) is 20.8 Å². The fourth-order valence-corrected chi connectivity index (χ4v) is 2.67. The minimum Gasteiger partial charge on any atom is -0.392 e. The van der Waals surface area contributed by atoms with Gasteiger partial charge in [0.15, 0.2) is 6.29 Å². The maximum Gasteiger partial charge on any atom is 0.266 e. The highest BCUT2D eigenvalue weighted by atomic mass is 32.2. The molecule has 4 nitrogen and oxygen atoms in total. The van der Waals surface area contributed by atoms with E-state index in [0.29, 0.717) is 6.42 Å². The third-order valence-electron chi connectivity index (χ3n) is 2.02. The molecule has 0 aromatic rings. The SMILES string of the molecule is C[Si](C)OC(CCCC(C)(C)C)OS(C)(=O)=O. The molecule has 103 valence electrons. The Kier molecular flexibility index (Phi) is 6.90. The lowest BCUT2D eigenvalue weighted by atomic mass is 9.90. The van der Waals surface area contributed by atoms with Crippen molar-refractivity contribution in [2.75, 3.05) is 6.26 Å². The molecule has 0 saturated heterocycles. The molecule has 0 amide bonds. The van der Waals surface area contributed by atoms with Gasteiger partial charge >= 0.3 is 0 Å². The molecule has 0 bridgehead atoms. The van der Waals surface area contributed by atoms with Crippen molar-refractivity contribution in [3.05, 3.63) is 0 Å². The standard InChI is InChI=1S/C11H25O4SSi/c1-11(2,3)9-7-8-10(15-17(5)6)14-16(4,12)13/h10H,7-9H2,1-6H3. The van der Waals surface area contributed by atoms with Gasteiger partial charge in [0.2, 0.25) is 9.04 Å². The summed E-state index contributed by atoms with van der Waals surface area (Å²) in [6.07, 6.45) is 3.00. The second-order valence-electron chi connectivity index (χ2n) is 5.71. The molecule has 1 atom stereocenters. The van der Waals surface area contributed by atoms with E-state index in [-0.39, 0.29) is 5.41 Å². The minimum atomic E-state index is -3.44. The first-order valence-corrected chi connectivity index (χ1v) is 10.1. The first-order chi connectivity index (χ1) is 7.49. The Morgan fingerprint density at radius 3 is 2.12 bits per heavy atom. The maximum atomic E-state index is 11.1. The van der Waals surface area contributed by atoms with Crippen molar-refractivity contribution < 1.29 is 17.0 Å². The highest BCUT2D eigenvalue weighted by Crippen LogP contribution is 2.23. The van der Waals surface area contributed by atoms with Crippen LogP contribution in [0.1, 0.15) is 40.0 Å². The molecule has 0 saturated carbocycles. The zero-order valence-corrected chi connectivity index (χ0v) is 13.6. The summed E-state index contributed by atoms with van der Waals surface area (Å²) in [7, 11) is -4.40. The maximum absolute atomic E-state index is 11.1. The van der Waals surface area contributed by atoms with Crippen molar-refractivity contribution >= 4 is 19.2 Å². The first kappa shape index (κ1) is 17.1. The zero-order valence-electron chi connectivity index (χ0n) is 11.7. The second kappa shape index (κ2) is 6.87. The van der Waals surface area contributed by atoms with Gasteiger partial charge in [0.25, 0.3) is 10.1 Å². The molecule has 1 unspecified atom stereocenters. The average molecular weight is 281 g/mol. The molecular weight excluding hydrogens is 256 g/mol. The summed E-state index contributed by atoms with van der Waals surface area (Å²) in [6.45, 7) is 10.4. The highest BCUT2D eigenvalue weighted by Gasteiger charge is 2.19. The van der Waals surface area contributed by atoms with Crippen molar-refractivity contribution in [2.24, 2.45) is 5.41 Å².